The van der Waals surface area contributed by atoms with Gasteiger partial charge in [0, 0.05) is 19.6 Å². The molecule has 1 atom stereocenters. The van der Waals surface area contributed by atoms with Crippen molar-refractivity contribution in [3.05, 3.63) is 0 Å². The molecule has 1 aliphatic rings. The number of hydrogen-bond donors (Lipinski definition) is 0. The van der Waals surface area contributed by atoms with Gasteiger partial charge >= 0.3 is 0 Å². The largest absolute Gasteiger partial charge is 0.353 e. The van der Waals surface area contributed by atoms with Crippen molar-refractivity contribution in [3.8, 4) is 12.3 Å². The molecule has 2 nitrogen and oxygen atoms in total. The summed E-state index contributed by atoms with van der Waals surface area (Å²) in [5.41, 5.74) is 0. The third-order valence-corrected chi connectivity index (χ3v) is 2.66. The standard InChI is InChI=1S/C13H22O2/c1-2-3-4-5-6-8-11-14-13-10-7-9-12-15-13/h1,13H,3-12H2. The van der Waals surface area contributed by atoms with Crippen LogP contribution in [-0.2, 0) is 9.47 Å². The second-order valence-corrected chi connectivity index (χ2v) is 4.04. The van der Waals surface area contributed by atoms with Gasteiger partial charge in [-0.05, 0) is 32.1 Å². The molecule has 1 unspecified atom stereocenters. The highest BCUT2D eigenvalue weighted by Crippen LogP contribution is 2.14. The highest BCUT2D eigenvalue weighted by atomic mass is 16.7. The maximum Gasteiger partial charge on any atom is 0.157 e. The van der Waals surface area contributed by atoms with E-state index < -0.39 is 0 Å². The summed E-state index contributed by atoms with van der Waals surface area (Å²) in [6.45, 7) is 1.70. The molecule has 0 N–H and O–H groups in total. The van der Waals surface area contributed by atoms with E-state index in [1.54, 1.807) is 0 Å². The van der Waals surface area contributed by atoms with E-state index in [4.69, 9.17) is 15.9 Å². The van der Waals surface area contributed by atoms with Crippen LogP contribution < -0.4 is 0 Å². The third-order valence-electron chi connectivity index (χ3n) is 2.66. The molecule has 0 aromatic heterocycles. The second kappa shape index (κ2) is 8.76. The molecule has 0 spiro atoms. The monoisotopic (exact) mass is 210 g/mol. The molecular formula is C13H22O2. The van der Waals surface area contributed by atoms with Gasteiger partial charge in [-0.15, -0.1) is 12.3 Å². The first-order chi connectivity index (χ1) is 7.43. The van der Waals surface area contributed by atoms with Crippen LogP contribution in [0.1, 0.15) is 51.4 Å². The summed E-state index contributed by atoms with van der Waals surface area (Å²) >= 11 is 0. The van der Waals surface area contributed by atoms with Crippen LogP contribution in [-0.4, -0.2) is 19.5 Å². The predicted molar refractivity (Wildman–Crippen MR) is 61.5 cm³/mol. The van der Waals surface area contributed by atoms with E-state index in [0.29, 0.717) is 0 Å². The highest BCUT2D eigenvalue weighted by molar-refractivity contribution is 4.82. The fourth-order valence-electron chi connectivity index (χ4n) is 1.74. The lowest BCUT2D eigenvalue weighted by atomic mass is 10.1. The van der Waals surface area contributed by atoms with Crippen LogP contribution in [0.15, 0.2) is 0 Å². The average molecular weight is 210 g/mol. The smallest absolute Gasteiger partial charge is 0.157 e. The molecule has 86 valence electrons. The minimum absolute atomic E-state index is 0.0736. The number of rotatable bonds is 7. The average Bonchev–Trinajstić information content (AvgIpc) is 2.29. The van der Waals surface area contributed by atoms with Gasteiger partial charge in [0.25, 0.3) is 0 Å². The first kappa shape index (κ1) is 12.5. The molecule has 1 rings (SSSR count). The predicted octanol–water partition coefficient (Wildman–Crippen LogP) is 3.11. The minimum Gasteiger partial charge on any atom is -0.353 e. The topological polar surface area (TPSA) is 18.5 Å². The zero-order valence-electron chi connectivity index (χ0n) is 9.54. The Hall–Kier alpha value is -0.520. The Morgan fingerprint density at radius 1 is 1.20 bits per heavy atom. The van der Waals surface area contributed by atoms with Gasteiger partial charge in [-0.2, -0.15) is 0 Å². The molecule has 1 saturated heterocycles. The van der Waals surface area contributed by atoms with Crippen LogP contribution in [0.25, 0.3) is 0 Å². The number of unbranched alkanes of at least 4 members (excludes halogenated alkanes) is 4. The number of ether oxygens (including phenoxy) is 2. The minimum atomic E-state index is 0.0736. The summed E-state index contributed by atoms with van der Waals surface area (Å²) in [6, 6.07) is 0. The van der Waals surface area contributed by atoms with Crippen molar-refractivity contribution in [2.45, 2.75) is 57.7 Å². The molecule has 0 radical (unpaired) electrons. The maximum absolute atomic E-state index is 5.63. The van der Waals surface area contributed by atoms with Gasteiger partial charge in [-0.25, -0.2) is 0 Å². The zero-order valence-corrected chi connectivity index (χ0v) is 9.54. The molecule has 15 heavy (non-hydrogen) atoms. The zero-order chi connectivity index (χ0) is 10.8. The first-order valence-electron chi connectivity index (χ1n) is 6.10. The molecule has 1 heterocycles. The molecular weight excluding hydrogens is 188 g/mol. The molecule has 1 aliphatic heterocycles. The molecule has 0 saturated carbocycles. The van der Waals surface area contributed by atoms with Crippen LogP contribution in [0.4, 0.5) is 0 Å². The summed E-state index contributed by atoms with van der Waals surface area (Å²) in [5.74, 6) is 2.66. The van der Waals surface area contributed by atoms with Gasteiger partial charge in [0.15, 0.2) is 6.29 Å². The van der Waals surface area contributed by atoms with Crippen molar-refractivity contribution in [2.75, 3.05) is 13.2 Å². The van der Waals surface area contributed by atoms with E-state index in [-0.39, 0.29) is 6.29 Å². The molecule has 0 aromatic rings. The van der Waals surface area contributed by atoms with Gasteiger partial charge < -0.3 is 9.47 Å². The van der Waals surface area contributed by atoms with Crippen molar-refractivity contribution in [3.63, 3.8) is 0 Å². The highest BCUT2D eigenvalue weighted by Gasteiger charge is 2.12. The Kier molecular flexibility index (Phi) is 7.33. The van der Waals surface area contributed by atoms with E-state index in [9.17, 15) is 0 Å². The van der Waals surface area contributed by atoms with E-state index in [2.05, 4.69) is 5.92 Å². The van der Waals surface area contributed by atoms with E-state index in [0.717, 1.165) is 38.9 Å². The summed E-state index contributed by atoms with van der Waals surface area (Å²) in [6.07, 6.45) is 14.4. The van der Waals surface area contributed by atoms with Crippen LogP contribution in [0, 0.1) is 12.3 Å². The molecule has 0 amide bonds. The molecule has 0 aliphatic carbocycles. The molecule has 1 fully saturated rings. The van der Waals surface area contributed by atoms with Crippen molar-refractivity contribution in [2.24, 2.45) is 0 Å². The van der Waals surface area contributed by atoms with Gasteiger partial charge in [-0.1, -0.05) is 12.8 Å². The van der Waals surface area contributed by atoms with E-state index >= 15 is 0 Å². The van der Waals surface area contributed by atoms with Crippen LogP contribution in [0.2, 0.25) is 0 Å². The van der Waals surface area contributed by atoms with Crippen molar-refractivity contribution in [1.82, 2.24) is 0 Å². The first-order valence-corrected chi connectivity index (χ1v) is 6.10. The Labute approximate surface area is 93.3 Å². The molecule has 2 heteroatoms. The van der Waals surface area contributed by atoms with Gasteiger partial charge in [0.2, 0.25) is 0 Å². The normalized spacial score (nSPS) is 21.1. The summed E-state index contributed by atoms with van der Waals surface area (Å²) in [4.78, 5) is 0. The van der Waals surface area contributed by atoms with Gasteiger partial charge in [-0.3, -0.25) is 0 Å². The van der Waals surface area contributed by atoms with E-state index in [1.165, 1.54) is 25.7 Å². The lowest BCUT2D eigenvalue weighted by Gasteiger charge is -2.22. The van der Waals surface area contributed by atoms with Crippen molar-refractivity contribution in [1.29, 1.82) is 0 Å². The Bertz CT molecular complexity index is 177. The summed E-state index contributed by atoms with van der Waals surface area (Å²) < 4.78 is 11.1. The third kappa shape index (κ3) is 6.54. The summed E-state index contributed by atoms with van der Waals surface area (Å²) in [5, 5.41) is 0. The van der Waals surface area contributed by atoms with Crippen LogP contribution in [0.3, 0.4) is 0 Å². The van der Waals surface area contributed by atoms with Crippen molar-refractivity contribution < 1.29 is 9.47 Å². The lowest BCUT2D eigenvalue weighted by molar-refractivity contribution is -0.162. The van der Waals surface area contributed by atoms with E-state index in [1.807, 2.05) is 0 Å². The van der Waals surface area contributed by atoms with Crippen LogP contribution in [0.5, 0.6) is 0 Å². The summed E-state index contributed by atoms with van der Waals surface area (Å²) in [7, 11) is 0. The SMILES string of the molecule is C#CCCCCCCOC1CCCCO1. The Balaban J connectivity index is 1.82. The quantitative estimate of drug-likeness (QED) is 0.475. The number of terminal acetylenes is 1. The molecule has 0 aromatic carbocycles. The fraction of sp³-hybridized carbons (Fsp3) is 0.846. The lowest BCUT2D eigenvalue weighted by Crippen LogP contribution is -2.22. The number of hydrogen-bond acceptors (Lipinski definition) is 2. The Morgan fingerprint density at radius 3 is 2.80 bits per heavy atom. The molecule has 0 bridgehead atoms. The van der Waals surface area contributed by atoms with Crippen molar-refractivity contribution >= 4 is 0 Å². The van der Waals surface area contributed by atoms with Gasteiger partial charge in [0.1, 0.15) is 0 Å². The maximum atomic E-state index is 5.63. The second-order valence-electron chi connectivity index (χ2n) is 4.04. The fourth-order valence-corrected chi connectivity index (χ4v) is 1.74. The Morgan fingerprint density at radius 2 is 2.07 bits per heavy atom. The van der Waals surface area contributed by atoms with Crippen LogP contribution >= 0.6 is 0 Å². The van der Waals surface area contributed by atoms with Gasteiger partial charge in [0.05, 0.1) is 0 Å².